The molecule has 1 fully saturated rings. The molecule has 1 saturated carbocycles. The third-order valence-corrected chi connectivity index (χ3v) is 3.21. The highest BCUT2D eigenvalue weighted by atomic mass is 35.5. The van der Waals surface area contributed by atoms with Crippen molar-refractivity contribution < 1.29 is 0 Å². The van der Waals surface area contributed by atoms with Gasteiger partial charge in [-0.15, -0.1) is 10.2 Å². The second-order valence-electron chi connectivity index (χ2n) is 4.71. The normalized spacial score (nSPS) is 15.8. The molecule has 2 aromatic rings. The molecule has 0 radical (unpaired) electrons. The van der Waals surface area contributed by atoms with E-state index >= 15 is 0 Å². The average molecular weight is 252 g/mol. The summed E-state index contributed by atoms with van der Waals surface area (Å²) in [4.78, 5) is 0. The molecule has 1 aliphatic carbocycles. The minimum Gasteiger partial charge on any atom is -0.268 e. The first-order valence-electron chi connectivity index (χ1n) is 5.82. The molecular formula is C11H14ClN5. The van der Waals surface area contributed by atoms with Crippen LogP contribution in [0.2, 0.25) is 5.28 Å². The van der Waals surface area contributed by atoms with Crippen molar-refractivity contribution in [3.05, 3.63) is 23.5 Å². The van der Waals surface area contributed by atoms with E-state index in [1.54, 1.807) is 6.20 Å². The monoisotopic (exact) mass is 251 g/mol. The van der Waals surface area contributed by atoms with E-state index in [2.05, 4.69) is 29.1 Å². The zero-order valence-corrected chi connectivity index (χ0v) is 10.6. The zero-order valence-electron chi connectivity index (χ0n) is 9.84. The van der Waals surface area contributed by atoms with Crippen molar-refractivity contribution >= 4 is 11.6 Å². The molecular weight excluding hydrogens is 238 g/mol. The fourth-order valence-corrected chi connectivity index (χ4v) is 2.07. The summed E-state index contributed by atoms with van der Waals surface area (Å²) in [6.45, 7) is 4.18. The Bertz CT molecular complexity index is 538. The number of rotatable bonds is 3. The van der Waals surface area contributed by atoms with E-state index in [1.165, 1.54) is 12.8 Å². The van der Waals surface area contributed by atoms with Gasteiger partial charge in [0.15, 0.2) is 0 Å². The second kappa shape index (κ2) is 3.84. The number of hydrogen-bond acceptors (Lipinski definition) is 3. The lowest BCUT2D eigenvalue weighted by Crippen LogP contribution is -2.01. The fraction of sp³-hybridized carbons (Fsp3) is 0.545. The van der Waals surface area contributed by atoms with Crippen molar-refractivity contribution in [2.75, 3.05) is 0 Å². The molecule has 0 spiro atoms. The van der Waals surface area contributed by atoms with Gasteiger partial charge < -0.3 is 0 Å². The maximum atomic E-state index is 6.09. The van der Waals surface area contributed by atoms with Gasteiger partial charge in [0.2, 0.25) is 5.28 Å². The van der Waals surface area contributed by atoms with Gasteiger partial charge in [-0.3, -0.25) is 9.25 Å². The molecule has 0 saturated heterocycles. The maximum absolute atomic E-state index is 6.09. The van der Waals surface area contributed by atoms with Crippen LogP contribution >= 0.6 is 11.6 Å². The molecule has 17 heavy (non-hydrogen) atoms. The molecule has 90 valence electrons. The number of nitrogens with zero attached hydrogens (tertiary/aromatic N) is 5. The van der Waals surface area contributed by atoms with Crippen LogP contribution in [0.4, 0.5) is 0 Å². The van der Waals surface area contributed by atoms with Gasteiger partial charge in [-0.1, -0.05) is 0 Å². The molecule has 0 unspecified atom stereocenters. The van der Waals surface area contributed by atoms with E-state index in [9.17, 15) is 0 Å². The van der Waals surface area contributed by atoms with Crippen molar-refractivity contribution in [2.45, 2.75) is 38.6 Å². The Morgan fingerprint density at radius 3 is 2.71 bits per heavy atom. The Kier molecular flexibility index (Phi) is 2.43. The van der Waals surface area contributed by atoms with Crippen LogP contribution in [0.1, 0.15) is 44.5 Å². The fourth-order valence-electron chi connectivity index (χ4n) is 1.85. The van der Waals surface area contributed by atoms with Crippen LogP contribution in [0.5, 0.6) is 0 Å². The lowest BCUT2D eigenvalue weighted by molar-refractivity contribution is 0.532. The van der Waals surface area contributed by atoms with Crippen LogP contribution in [-0.2, 0) is 0 Å². The van der Waals surface area contributed by atoms with Crippen molar-refractivity contribution in [2.24, 2.45) is 0 Å². The van der Waals surface area contributed by atoms with Gasteiger partial charge in [-0.05, 0) is 38.3 Å². The summed E-state index contributed by atoms with van der Waals surface area (Å²) in [6.07, 6.45) is 6.13. The van der Waals surface area contributed by atoms with Gasteiger partial charge in [-0.2, -0.15) is 5.10 Å². The lowest BCUT2D eigenvalue weighted by atomic mass is 10.4. The minimum atomic E-state index is 0.336. The Balaban J connectivity index is 2.04. The topological polar surface area (TPSA) is 48.5 Å². The smallest absolute Gasteiger partial charge is 0.229 e. The van der Waals surface area contributed by atoms with Gasteiger partial charge in [0.05, 0.1) is 11.9 Å². The van der Waals surface area contributed by atoms with Gasteiger partial charge in [0, 0.05) is 18.2 Å². The molecule has 0 aromatic carbocycles. The summed E-state index contributed by atoms with van der Waals surface area (Å²) < 4.78 is 3.80. The Hall–Kier alpha value is -1.36. The molecule has 2 heterocycles. The van der Waals surface area contributed by atoms with E-state index < -0.39 is 0 Å². The molecule has 0 N–H and O–H groups in total. The third-order valence-electron chi connectivity index (χ3n) is 2.97. The third kappa shape index (κ3) is 1.84. The largest absolute Gasteiger partial charge is 0.268 e. The van der Waals surface area contributed by atoms with Crippen molar-refractivity contribution in [3.8, 4) is 5.69 Å². The van der Waals surface area contributed by atoms with Crippen LogP contribution in [0, 0.1) is 0 Å². The van der Waals surface area contributed by atoms with Crippen LogP contribution in [0.3, 0.4) is 0 Å². The predicted octanol–water partition coefficient (Wildman–Crippen LogP) is 2.58. The lowest BCUT2D eigenvalue weighted by Gasteiger charge is -2.05. The molecule has 0 atom stereocenters. The van der Waals surface area contributed by atoms with E-state index in [4.69, 9.17) is 11.6 Å². The van der Waals surface area contributed by atoms with E-state index in [0.29, 0.717) is 17.2 Å². The van der Waals surface area contributed by atoms with Gasteiger partial charge in [0.25, 0.3) is 0 Å². The maximum Gasteiger partial charge on any atom is 0.229 e. The first kappa shape index (κ1) is 10.8. The molecule has 3 rings (SSSR count). The summed E-state index contributed by atoms with van der Waals surface area (Å²) in [5, 5.41) is 12.8. The molecule has 6 heteroatoms. The van der Waals surface area contributed by atoms with Gasteiger partial charge in [-0.25, -0.2) is 0 Å². The number of hydrogen-bond donors (Lipinski definition) is 0. The van der Waals surface area contributed by atoms with E-state index in [1.807, 2.05) is 15.4 Å². The summed E-state index contributed by atoms with van der Waals surface area (Å²) in [5.41, 5.74) is 0.940. The SMILES string of the molecule is CC(C)n1cc(-n2c(Cl)nnc2C2CC2)cn1. The average Bonchev–Trinajstić information content (AvgIpc) is 2.88. The highest BCUT2D eigenvalue weighted by Crippen LogP contribution is 2.40. The van der Waals surface area contributed by atoms with Crippen molar-refractivity contribution in [3.63, 3.8) is 0 Å². The number of halogens is 1. The zero-order chi connectivity index (χ0) is 12.0. The Morgan fingerprint density at radius 2 is 2.12 bits per heavy atom. The molecule has 5 nitrogen and oxygen atoms in total. The summed E-state index contributed by atoms with van der Waals surface area (Å²) in [5.74, 6) is 1.47. The second-order valence-corrected chi connectivity index (χ2v) is 5.05. The highest BCUT2D eigenvalue weighted by molar-refractivity contribution is 6.28. The van der Waals surface area contributed by atoms with E-state index in [0.717, 1.165) is 11.5 Å². The Labute approximate surface area is 104 Å². The molecule has 0 bridgehead atoms. The molecule has 0 aliphatic heterocycles. The van der Waals surface area contributed by atoms with Crippen LogP contribution in [0.15, 0.2) is 12.4 Å². The van der Waals surface area contributed by atoms with Crippen LogP contribution < -0.4 is 0 Å². The Morgan fingerprint density at radius 1 is 1.35 bits per heavy atom. The van der Waals surface area contributed by atoms with Gasteiger partial charge >= 0.3 is 0 Å². The number of aromatic nitrogens is 5. The summed E-state index contributed by atoms with van der Waals surface area (Å²) in [6, 6.07) is 0.336. The first-order valence-corrected chi connectivity index (χ1v) is 6.20. The quantitative estimate of drug-likeness (QED) is 0.842. The van der Waals surface area contributed by atoms with Crippen LogP contribution in [-0.4, -0.2) is 24.5 Å². The van der Waals surface area contributed by atoms with Crippen LogP contribution in [0.25, 0.3) is 5.69 Å². The molecule has 2 aromatic heterocycles. The first-order chi connectivity index (χ1) is 8.16. The highest BCUT2D eigenvalue weighted by Gasteiger charge is 2.30. The van der Waals surface area contributed by atoms with Crippen molar-refractivity contribution in [1.82, 2.24) is 24.5 Å². The minimum absolute atomic E-state index is 0.336. The van der Waals surface area contributed by atoms with E-state index in [-0.39, 0.29) is 0 Å². The molecule has 0 amide bonds. The summed E-state index contributed by atoms with van der Waals surface area (Å²) >= 11 is 6.09. The predicted molar refractivity (Wildman–Crippen MR) is 64.5 cm³/mol. The summed E-state index contributed by atoms with van der Waals surface area (Å²) in [7, 11) is 0. The van der Waals surface area contributed by atoms with Crippen molar-refractivity contribution in [1.29, 1.82) is 0 Å². The standard InChI is InChI=1S/C11H14ClN5/c1-7(2)16-6-9(5-13-16)17-10(8-3-4-8)14-15-11(17)12/h5-8H,3-4H2,1-2H3. The molecule has 1 aliphatic rings. The van der Waals surface area contributed by atoms with Gasteiger partial charge in [0.1, 0.15) is 5.82 Å².